The van der Waals surface area contributed by atoms with Crippen molar-refractivity contribution < 1.29 is 13.9 Å². The monoisotopic (exact) mass is 468 g/mol. The number of halogens is 1. The van der Waals surface area contributed by atoms with E-state index in [0.717, 1.165) is 11.1 Å². The van der Waals surface area contributed by atoms with E-state index in [1.165, 1.54) is 21.8 Å². The fourth-order valence-corrected chi connectivity index (χ4v) is 3.46. The van der Waals surface area contributed by atoms with Crippen molar-refractivity contribution in [1.29, 1.82) is 0 Å². The highest BCUT2D eigenvalue weighted by Gasteiger charge is 2.13. The highest BCUT2D eigenvalue weighted by atomic mass is 19.1. The molecule has 9 heteroatoms. The van der Waals surface area contributed by atoms with Gasteiger partial charge in [0.2, 0.25) is 5.95 Å². The lowest BCUT2D eigenvalue weighted by Gasteiger charge is -2.07. The van der Waals surface area contributed by atoms with Crippen LogP contribution in [0.5, 0.6) is 5.75 Å². The third-order valence-electron chi connectivity index (χ3n) is 5.25. The Hall–Kier alpha value is -4.79. The van der Waals surface area contributed by atoms with E-state index in [2.05, 4.69) is 32.6 Å². The highest BCUT2D eigenvalue weighted by Crippen LogP contribution is 2.22. The van der Waals surface area contributed by atoms with Gasteiger partial charge in [0, 0.05) is 11.8 Å². The first-order valence-corrected chi connectivity index (χ1v) is 10.9. The molecule has 0 atom stereocenters. The fourth-order valence-electron chi connectivity index (χ4n) is 3.46. The van der Waals surface area contributed by atoms with E-state index in [4.69, 9.17) is 4.74 Å². The van der Waals surface area contributed by atoms with Gasteiger partial charge < -0.3 is 4.74 Å². The van der Waals surface area contributed by atoms with Gasteiger partial charge in [0.15, 0.2) is 12.4 Å². The minimum absolute atomic E-state index is 0.107. The summed E-state index contributed by atoms with van der Waals surface area (Å²) >= 11 is 0. The molecule has 5 rings (SSSR count). The molecule has 0 radical (unpaired) electrons. The van der Waals surface area contributed by atoms with Crippen molar-refractivity contribution in [3.8, 4) is 16.9 Å². The molecule has 5 aromatic rings. The number of carbonyl (C=O) groups excluding carboxylic acids is 1. The zero-order valence-corrected chi connectivity index (χ0v) is 18.6. The van der Waals surface area contributed by atoms with Crippen LogP contribution in [0.3, 0.4) is 0 Å². The lowest BCUT2D eigenvalue weighted by Crippen LogP contribution is -2.15. The molecular weight excluding hydrogens is 447 g/mol. The van der Waals surface area contributed by atoms with E-state index in [0.29, 0.717) is 11.3 Å². The van der Waals surface area contributed by atoms with Crippen molar-refractivity contribution in [2.45, 2.75) is 13.3 Å². The van der Waals surface area contributed by atoms with Crippen molar-refractivity contribution in [1.82, 2.24) is 24.5 Å². The van der Waals surface area contributed by atoms with Crippen LogP contribution in [0.15, 0.2) is 97.5 Å². The predicted octanol–water partition coefficient (Wildman–Crippen LogP) is 4.62. The molecule has 0 bridgehead atoms. The first-order valence-electron chi connectivity index (χ1n) is 10.9. The van der Waals surface area contributed by atoms with Gasteiger partial charge in [-0.25, -0.2) is 18.7 Å². The van der Waals surface area contributed by atoms with Crippen LogP contribution in [-0.2, 0) is 13.3 Å². The zero-order chi connectivity index (χ0) is 24.0. The number of nitrogens with zero attached hydrogens (tertiary/aromatic N) is 5. The van der Waals surface area contributed by atoms with Crippen LogP contribution in [0.4, 0.5) is 10.3 Å². The minimum Gasteiger partial charge on any atom is -0.471 e. The summed E-state index contributed by atoms with van der Waals surface area (Å²) < 4.78 is 22.6. The number of carbonyl (C=O) groups is 1. The molecule has 174 valence electrons. The van der Waals surface area contributed by atoms with Gasteiger partial charge >= 0.3 is 0 Å². The molecule has 1 amide bonds. The van der Waals surface area contributed by atoms with Crippen LogP contribution >= 0.6 is 0 Å². The van der Waals surface area contributed by atoms with E-state index >= 15 is 0 Å². The lowest BCUT2D eigenvalue weighted by molar-refractivity contribution is 0.101. The predicted molar refractivity (Wildman–Crippen MR) is 128 cm³/mol. The van der Waals surface area contributed by atoms with Crippen LogP contribution in [-0.4, -0.2) is 30.5 Å². The second-order valence-corrected chi connectivity index (χ2v) is 7.72. The van der Waals surface area contributed by atoms with Crippen LogP contribution < -0.4 is 10.1 Å². The molecule has 1 N–H and O–H groups in total. The van der Waals surface area contributed by atoms with Crippen molar-refractivity contribution >= 4 is 11.9 Å². The van der Waals surface area contributed by atoms with Gasteiger partial charge in [-0.15, -0.1) is 5.10 Å². The molecule has 2 aromatic heterocycles. The quantitative estimate of drug-likeness (QED) is 0.359. The molecule has 35 heavy (non-hydrogen) atoms. The number of amides is 1. The van der Waals surface area contributed by atoms with Crippen LogP contribution in [0.2, 0.25) is 0 Å². The van der Waals surface area contributed by atoms with Gasteiger partial charge in [0.1, 0.15) is 17.9 Å². The Balaban J connectivity index is 1.15. The maximum absolute atomic E-state index is 13.8. The molecule has 3 aromatic carbocycles. The Kier molecular flexibility index (Phi) is 6.29. The summed E-state index contributed by atoms with van der Waals surface area (Å²) in [5.41, 5.74) is 2.90. The summed E-state index contributed by atoms with van der Waals surface area (Å²) in [4.78, 5) is 16.6. The molecule has 0 aliphatic rings. The Labute approximate surface area is 200 Å². The Morgan fingerprint density at radius 3 is 2.40 bits per heavy atom. The third kappa shape index (κ3) is 5.41. The van der Waals surface area contributed by atoms with E-state index in [-0.39, 0.29) is 30.7 Å². The maximum atomic E-state index is 13.8. The summed E-state index contributed by atoms with van der Waals surface area (Å²) in [5, 5.41) is 11.0. The largest absolute Gasteiger partial charge is 0.471 e. The van der Waals surface area contributed by atoms with Gasteiger partial charge in [0.05, 0.1) is 6.54 Å². The van der Waals surface area contributed by atoms with Crippen LogP contribution in [0, 0.1) is 5.82 Å². The average molecular weight is 468 g/mol. The van der Waals surface area contributed by atoms with Crippen LogP contribution in [0.1, 0.15) is 16.1 Å². The summed E-state index contributed by atoms with van der Waals surface area (Å²) in [5.74, 6) is 0.0134. The molecule has 0 spiro atoms. The number of rotatable bonds is 8. The van der Waals surface area contributed by atoms with E-state index in [1.54, 1.807) is 30.5 Å². The maximum Gasteiger partial charge on any atom is 0.278 e. The molecule has 0 saturated heterocycles. The van der Waals surface area contributed by atoms with Crippen LogP contribution in [0.25, 0.3) is 11.1 Å². The highest BCUT2D eigenvalue weighted by molar-refractivity contribution is 6.01. The average Bonchev–Trinajstić information content (AvgIpc) is 3.55. The number of aromatic nitrogens is 5. The SMILES string of the molecule is O=C(Nc1ncn(Cc2ccccc2F)n1)c1ccn(COc2ccc(-c3ccccc3)cc2)n1. The molecule has 0 saturated carbocycles. The Bertz CT molecular complexity index is 1430. The van der Waals surface area contributed by atoms with Gasteiger partial charge in [0.25, 0.3) is 5.91 Å². The summed E-state index contributed by atoms with van der Waals surface area (Å²) in [6.45, 7) is 0.349. The fraction of sp³-hybridized carbons (Fsp3) is 0.0769. The number of nitrogens with one attached hydrogen (secondary N) is 1. The first-order chi connectivity index (χ1) is 17.1. The number of benzene rings is 3. The number of ether oxygens (including phenoxy) is 1. The minimum atomic E-state index is -0.459. The smallest absolute Gasteiger partial charge is 0.278 e. The molecule has 0 fully saturated rings. The van der Waals surface area contributed by atoms with Crippen molar-refractivity contribution in [2.24, 2.45) is 0 Å². The molecule has 2 heterocycles. The van der Waals surface area contributed by atoms with E-state index < -0.39 is 5.91 Å². The molecule has 8 nitrogen and oxygen atoms in total. The standard InChI is InChI=1S/C26H21FN6O2/c27-23-9-5-4-8-21(23)16-33-17-28-26(31-33)29-25(34)24-14-15-32(30-24)18-35-22-12-10-20(11-13-22)19-6-2-1-3-7-19/h1-15,17H,16,18H2,(H,29,31,34). The molecule has 0 aliphatic carbocycles. The Morgan fingerprint density at radius 1 is 0.857 bits per heavy atom. The van der Waals surface area contributed by atoms with Gasteiger partial charge in [-0.05, 0) is 35.4 Å². The first kappa shape index (κ1) is 22.0. The van der Waals surface area contributed by atoms with Gasteiger partial charge in [-0.3, -0.25) is 10.1 Å². The zero-order valence-electron chi connectivity index (χ0n) is 18.6. The topological polar surface area (TPSA) is 86.9 Å². The van der Waals surface area contributed by atoms with Crippen molar-refractivity contribution in [3.05, 3.63) is 115 Å². The second kappa shape index (κ2) is 10.0. The summed E-state index contributed by atoms with van der Waals surface area (Å²) in [6.07, 6.45) is 3.08. The van der Waals surface area contributed by atoms with Gasteiger partial charge in [-0.2, -0.15) is 5.10 Å². The van der Waals surface area contributed by atoms with Gasteiger partial charge in [-0.1, -0.05) is 60.7 Å². The van der Waals surface area contributed by atoms with Crippen molar-refractivity contribution in [2.75, 3.05) is 5.32 Å². The number of anilines is 1. The molecule has 0 unspecified atom stereocenters. The van der Waals surface area contributed by atoms with E-state index in [9.17, 15) is 9.18 Å². The normalized spacial score (nSPS) is 10.8. The molecular formula is C26H21FN6O2. The number of hydrogen-bond donors (Lipinski definition) is 1. The van der Waals surface area contributed by atoms with E-state index in [1.807, 2.05) is 42.5 Å². The molecule has 0 aliphatic heterocycles. The second-order valence-electron chi connectivity index (χ2n) is 7.72. The lowest BCUT2D eigenvalue weighted by atomic mass is 10.1. The summed E-state index contributed by atoms with van der Waals surface area (Å²) in [6, 6.07) is 25.8. The Morgan fingerprint density at radius 2 is 1.60 bits per heavy atom. The van der Waals surface area contributed by atoms with Crippen molar-refractivity contribution in [3.63, 3.8) is 0 Å². The third-order valence-corrected chi connectivity index (χ3v) is 5.25. The number of hydrogen-bond acceptors (Lipinski definition) is 5. The summed E-state index contributed by atoms with van der Waals surface area (Å²) in [7, 11) is 0.